The summed E-state index contributed by atoms with van der Waals surface area (Å²) in [5.74, 6) is -0.281. The third-order valence-corrected chi connectivity index (χ3v) is 9.83. The zero-order chi connectivity index (χ0) is 31.8. The lowest BCUT2D eigenvalue weighted by Crippen LogP contribution is -2.37. The van der Waals surface area contributed by atoms with Crippen LogP contribution in [0.4, 0.5) is 20.5 Å². The number of imidazole rings is 2. The number of rotatable bonds is 2. The summed E-state index contributed by atoms with van der Waals surface area (Å²) in [6, 6.07) is 0. The van der Waals surface area contributed by atoms with Crippen LogP contribution in [0.5, 0.6) is 0 Å². The summed E-state index contributed by atoms with van der Waals surface area (Å²) in [6.45, 7) is -6.13. The van der Waals surface area contributed by atoms with Crippen LogP contribution in [0, 0.1) is 0 Å². The second-order valence-electron chi connectivity index (χ2n) is 10.0. The van der Waals surface area contributed by atoms with Gasteiger partial charge in [-0.3, -0.25) is 37.0 Å². The Bertz CT molecular complexity index is 1950. The van der Waals surface area contributed by atoms with Crippen molar-refractivity contribution in [3.05, 3.63) is 29.3 Å². The van der Waals surface area contributed by atoms with Crippen molar-refractivity contribution >= 4 is 61.0 Å². The maximum absolute atomic E-state index is 15.9. The molecule has 20 nitrogen and oxygen atoms in total. The predicted octanol–water partition coefficient (Wildman–Crippen LogP) is 0.550. The first-order valence-corrected chi connectivity index (χ1v) is 17.1. The third kappa shape index (κ3) is 5.41. The number of aromatic amines is 1. The summed E-state index contributed by atoms with van der Waals surface area (Å²) in [5, 5.41) is 0. The minimum atomic E-state index is -5.12. The highest BCUT2D eigenvalue weighted by Gasteiger charge is 2.54. The number of thiol groups is 1. The number of hydrogen-bond acceptors (Lipinski definition) is 16. The minimum absolute atomic E-state index is 0.0103. The number of nitrogens with zero attached hydrogens (tertiary/aromatic N) is 7. The molecule has 0 aromatic carbocycles. The van der Waals surface area contributed by atoms with Crippen LogP contribution < -0.4 is 17.0 Å². The molecular weight excluding hydrogens is 672 g/mol. The van der Waals surface area contributed by atoms with E-state index in [1.165, 1.54) is 6.33 Å². The molecule has 25 heteroatoms. The lowest BCUT2D eigenvalue weighted by molar-refractivity contribution is -0.0605. The number of halogens is 2. The second kappa shape index (κ2) is 11.0. The summed E-state index contributed by atoms with van der Waals surface area (Å²) in [5.41, 5.74) is 10.6. The van der Waals surface area contributed by atoms with Gasteiger partial charge < -0.3 is 25.8 Å². The first kappa shape index (κ1) is 30.5. The van der Waals surface area contributed by atoms with E-state index >= 15 is 8.78 Å². The number of aromatic nitrogens is 8. The monoisotopic (exact) mass is 694 g/mol. The van der Waals surface area contributed by atoms with Gasteiger partial charge in [0.05, 0.1) is 25.9 Å². The SMILES string of the molecule is Nc1nc2c(ncn2[C@@H]2O[C@@H]3COP(=O)(O)O[C@H]4[C@@H](F)[C@H](n5cnc6c(N)ncnc65)O[C@@H]4CO[P@@](=O)(S)O[C@H]3[C@H]2F)c(=O)[nH]1. The Morgan fingerprint density at radius 1 is 0.911 bits per heavy atom. The fourth-order valence-electron chi connectivity index (χ4n) is 5.25. The van der Waals surface area contributed by atoms with E-state index in [0.717, 1.165) is 21.8 Å². The van der Waals surface area contributed by atoms with Crippen molar-refractivity contribution in [1.29, 1.82) is 0 Å². The van der Waals surface area contributed by atoms with Gasteiger partial charge in [-0.15, -0.1) is 0 Å². The largest absolute Gasteiger partial charge is 0.472 e. The number of ether oxygens (including phenoxy) is 2. The fourth-order valence-corrected chi connectivity index (χ4v) is 7.68. The summed E-state index contributed by atoms with van der Waals surface area (Å²) in [6.07, 6.45) is -10.8. The molecule has 45 heavy (non-hydrogen) atoms. The van der Waals surface area contributed by atoms with Gasteiger partial charge >= 0.3 is 14.6 Å². The highest BCUT2D eigenvalue weighted by atomic mass is 32.7. The van der Waals surface area contributed by atoms with Crippen LogP contribution in [-0.4, -0.2) is 93.9 Å². The Hall–Kier alpha value is -3.11. The molecule has 4 aromatic rings. The topological polar surface area (TPSA) is 269 Å². The summed E-state index contributed by atoms with van der Waals surface area (Å²) in [7, 11) is -5.12. The smallest absolute Gasteiger partial charge is 0.382 e. The quantitative estimate of drug-likeness (QED) is 0.142. The number of nitrogens with two attached hydrogens (primary N) is 2. The Morgan fingerprint density at radius 2 is 1.51 bits per heavy atom. The molecule has 0 aliphatic carbocycles. The Labute approximate surface area is 253 Å². The van der Waals surface area contributed by atoms with Crippen LogP contribution in [0.3, 0.4) is 0 Å². The summed E-state index contributed by atoms with van der Waals surface area (Å²) < 4.78 is 92.7. The second-order valence-corrected chi connectivity index (χ2v) is 14.3. The maximum atomic E-state index is 15.9. The van der Waals surface area contributed by atoms with Crippen molar-refractivity contribution in [3.63, 3.8) is 0 Å². The number of fused-ring (bicyclic) bond motifs is 4. The lowest BCUT2D eigenvalue weighted by Gasteiger charge is -2.27. The van der Waals surface area contributed by atoms with E-state index in [9.17, 15) is 18.8 Å². The van der Waals surface area contributed by atoms with Gasteiger partial charge in [0.1, 0.15) is 36.3 Å². The normalized spacial score (nSPS) is 37.7. The molecule has 7 rings (SSSR count). The van der Waals surface area contributed by atoms with E-state index in [2.05, 4.69) is 42.2 Å². The Balaban J connectivity index is 1.17. The van der Waals surface area contributed by atoms with Crippen LogP contribution >= 0.6 is 26.9 Å². The number of anilines is 2. The van der Waals surface area contributed by atoms with Crippen molar-refractivity contribution in [1.82, 2.24) is 39.0 Å². The summed E-state index contributed by atoms with van der Waals surface area (Å²) in [4.78, 5) is 44.7. The number of hydrogen-bond donors (Lipinski definition) is 5. The van der Waals surface area contributed by atoms with Gasteiger partial charge in [-0.05, 0) is 0 Å². The number of nitrogens with one attached hydrogen (secondary N) is 1. The van der Waals surface area contributed by atoms with Crippen LogP contribution in [0.2, 0.25) is 0 Å². The molecule has 0 radical (unpaired) electrons. The molecule has 3 fully saturated rings. The van der Waals surface area contributed by atoms with Crippen LogP contribution in [-0.2, 0) is 36.7 Å². The highest BCUT2D eigenvalue weighted by Crippen LogP contribution is 2.58. The fraction of sp³-hybridized carbons (Fsp3) is 0.500. The number of H-pyrrole nitrogens is 1. The Kier molecular flexibility index (Phi) is 7.47. The van der Waals surface area contributed by atoms with Crippen molar-refractivity contribution in [2.45, 2.75) is 49.2 Å². The van der Waals surface area contributed by atoms with Crippen molar-refractivity contribution in [2.24, 2.45) is 0 Å². The van der Waals surface area contributed by atoms with E-state index in [1.54, 1.807) is 0 Å². The maximum Gasteiger partial charge on any atom is 0.472 e. The molecule has 0 saturated carbocycles. The minimum Gasteiger partial charge on any atom is -0.382 e. The van der Waals surface area contributed by atoms with Gasteiger partial charge in [0.25, 0.3) is 5.56 Å². The van der Waals surface area contributed by atoms with E-state index in [1.807, 2.05) is 0 Å². The van der Waals surface area contributed by atoms with E-state index in [-0.39, 0.29) is 34.1 Å². The third-order valence-electron chi connectivity index (χ3n) is 7.23. The molecule has 0 amide bonds. The molecule has 4 aromatic heterocycles. The van der Waals surface area contributed by atoms with Crippen LogP contribution in [0.25, 0.3) is 22.3 Å². The molecule has 3 aliphatic rings. The van der Waals surface area contributed by atoms with Gasteiger partial charge in [0.2, 0.25) is 5.95 Å². The zero-order valence-corrected chi connectivity index (χ0v) is 25.0. The van der Waals surface area contributed by atoms with Crippen molar-refractivity contribution in [3.8, 4) is 0 Å². The van der Waals surface area contributed by atoms with Gasteiger partial charge in [-0.1, -0.05) is 12.2 Å². The molecular formula is C20H22F2N10O10P2S. The van der Waals surface area contributed by atoms with Gasteiger partial charge in [0, 0.05) is 0 Å². The Morgan fingerprint density at radius 3 is 2.20 bits per heavy atom. The molecule has 3 aliphatic heterocycles. The van der Waals surface area contributed by atoms with Crippen LogP contribution in [0.1, 0.15) is 12.5 Å². The van der Waals surface area contributed by atoms with Crippen molar-refractivity contribution in [2.75, 3.05) is 24.7 Å². The molecule has 3 saturated heterocycles. The standard InChI is InChI=1S/C20H22F2N10O10P2S/c21-8-12-7(40-18(8)31-4-27-10-14(23)25-3-26-15(10)31)2-38-44(36,45)42-13-6(1-37-43(34,35)41-12)39-19(9(13)22)32-5-28-11-16(32)29-20(24)30-17(11)33/h3-9,12-13,18-19H,1-2H2,(H,34,35)(H,36,45)(H2,23,25,26)(H3,24,29,30,33)/t6-,7-,8-,9-,12-,13-,18-,19-,44-/m1/s1. The lowest BCUT2D eigenvalue weighted by atomic mass is 10.1. The molecule has 0 bridgehead atoms. The molecule has 242 valence electrons. The molecule has 7 heterocycles. The number of alkyl halides is 2. The summed E-state index contributed by atoms with van der Waals surface area (Å²) >= 11 is 3.93. The first-order chi connectivity index (χ1) is 21.3. The number of nitrogen functional groups attached to an aromatic ring is 2. The van der Waals surface area contributed by atoms with Gasteiger partial charge in [-0.2, -0.15) is 4.98 Å². The first-order valence-electron chi connectivity index (χ1n) is 12.9. The predicted molar refractivity (Wildman–Crippen MR) is 148 cm³/mol. The van der Waals surface area contributed by atoms with Gasteiger partial charge in [0.15, 0.2) is 47.4 Å². The molecule has 0 spiro atoms. The molecule has 10 atom stereocenters. The average molecular weight is 694 g/mol. The number of phosphoric acid groups is 1. The average Bonchev–Trinajstić information content (AvgIpc) is 3.72. The molecule has 6 N–H and O–H groups in total. The van der Waals surface area contributed by atoms with Crippen LogP contribution in [0.15, 0.2) is 23.8 Å². The van der Waals surface area contributed by atoms with E-state index in [4.69, 9.17) is 39.0 Å². The van der Waals surface area contributed by atoms with E-state index in [0.29, 0.717) is 0 Å². The zero-order valence-electron chi connectivity index (χ0n) is 22.3. The van der Waals surface area contributed by atoms with Gasteiger partial charge in [-0.25, -0.2) is 37.8 Å². The number of phosphoric ester groups is 1. The highest BCUT2D eigenvalue weighted by molar-refractivity contribution is 8.44. The molecule has 1 unspecified atom stereocenters. The van der Waals surface area contributed by atoms with Crippen molar-refractivity contribution < 1.29 is 50.4 Å². The van der Waals surface area contributed by atoms with E-state index < -0.39 is 82.6 Å².